The van der Waals surface area contributed by atoms with Gasteiger partial charge in [0.05, 0.1) is 6.54 Å². The average molecular weight is 254 g/mol. The number of aromatic nitrogens is 2. The highest BCUT2D eigenvalue weighted by Gasteiger charge is 2.25. The quantitative estimate of drug-likeness (QED) is 0.876. The lowest BCUT2D eigenvalue weighted by Crippen LogP contribution is -2.21. The van der Waals surface area contributed by atoms with Gasteiger partial charge in [-0.25, -0.2) is 0 Å². The smallest absolute Gasteiger partial charge is 0.205 e. The third kappa shape index (κ3) is 3.39. The van der Waals surface area contributed by atoms with E-state index in [1.165, 1.54) is 19.5 Å². The molecule has 0 spiro atoms. The number of hydrogen-bond acceptors (Lipinski definition) is 5. The predicted octanol–water partition coefficient (Wildman–Crippen LogP) is 2.45. The molecule has 0 aromatic carbocycles. The van der Waals surface area contributed by atoms with Gasteiger partial charge < -0.3 is 5.32 Å². The molecule has 1 N–H and O–H groups in total. The minimum absolute atomic E-state index is 0.798. The van der Waals surface area contributed by atoms with E-state index in [1.807, 2.05) is 0 Å². The molecule has 4 nitrogen and oxygen atoms in total. The van der Waals surface area contributed by atoms with Crippen molar-refractivity contribution >= 4 is 16.5 Å². The van der Waals surface area contributed by atoms with Gasteiger partial charge in [-0.2, -0.15) is 0 Å². The molecule has 0 amide bonds. The second-order valence-corrected chi connectivity index (χ2v) is 6.12. The fraction of sp³-hybridized carbons (Fsp3) is 0.833. The number of rotatable bonds is 5. The molecule has 96 valence electrons. The van der Waals surface area contributed by atoms with Gasteiger partial charge in [0.1, 0.15) is 5.01 Å². The zero-order valence-corrected chi connectivity index (χ0v) is 11.8. The molecule has 17 heavy (non-hydrogen) atoms. The molecule has 0 saturated carbocycles. The number of likely N-dealkylation sites (tertiary alicyclic amines) is 1. The van der Waals surface area contributed by atoms with Crippen LogP contribution in [0.2, 0.25) is 0 Å². The number of nitrogens with zero attached hydrogens (tertiary/aromatic N) is 3. The Morgan fingerprint density at radius 2 is 2.29 bits per heavy atom. The maximum Gasteiger partial charge on any atom is 0.205 e. The average Bonchev–Trinajstić information content (AvgIpc) is 2.89. The summed E-state index contributed by atoms with van der Waals surface area (Å²) in [5.41, 5.74) is 0. The maximum atomic E-state index is 4.23. The van der Waals surface area contributed by atoms with Crippen LogP contribution >= 0.6 is 11.3 Å². The third-order valence-corrected chi connectivity index (χ3v) is 4.27. The Bertz CT molecular complexity index is 350. The normalized spacial score (nSPS) is 21.3. The predicted molar refractivity (Wildman–Crippen MR) is 72.3 cm³/mol. The van der Waals surface area contributed by atoms with Gasteiger partial charge in [-0.1, -0.05) is 25.2 Å². The lowest BCUT2D eigenvalue weighted by atomic mass is 9.95. The largest absolute Gasteiger partial charge is 0.360 e. The van der Waals surface area contributed by atoms with Crippen LogP contribution in [0.4, 0.5) is 5.13 Å². The summed E-state index contributed by atoms with van der Waals surface area (Å²) in [6.45, 7) is 11.0. The zero-order chi connectivity index (χ0) is 12.3. The van der Waals surface area contributed by atoms with Gasteiger partial charge in [0.15, 0.2) is 0 Å². The first-order valence-corrected chi connectivity index (χ1v) is 7.29. The Morgan fingerprint density at radius 3 is 2.94 bits per heavy atom. The molecule has 1 aromatic rings. The molecule has 1 aromatic heterocycles. The molecule has 5 heteroatoms. The first kappa shape index (κ1) is 12.8. The molecule has 0 aliphatic carbocycles. The van der Waals surface area contributed by atoms with E-state index in [-0.39, 0.29) is 0 Å². The molecular weight excluding hydrogens is 232 g/mol. The standard InChI is InChI=1S/C12H22N4S/c1-4-13-12-15-14-11(17-12)8-16-6-5-10(7-16)9(2)3/h9-10H,4-8H2,1-3H3,(H,13,15). The highest BCUT2D eigenvalue weighted by atomic mass is 32.1. The van der Waals surface area contributed by atoms with Crippen LogP contribution in [0, 0.1) is 11.8 Å². The van der Waals surface area contributed by atoms with Gasteiger partial charge in [-0.3, -0.25) is 4.90 Å². The van der Waals surface area contributed by atoms with Crippen molar-refractivity contribution in [1.82, 2.24) is 15.1 Å². The van der Waals surface area contributed by atoms with Crippen molar-refractivity contribution in [2.24, 2.45) is 11.8 Å². The van der Waals surface area contributed by atoms with E-state index in [1.54, 1.807) is 11.3 Å². The van der Waals surface area contributed by atoms with E-state index in [2.05, 4.69) is 41.2 Å². The molecule has 1 atom stereocenters. The summed E-state index contributed by atoms with van der Waals surface area (Å²) in [7, 11) is 0. The van der Waals surface area contributed by atoms with Gasteiger partial charge in [-0.05, 0) is 31.7 Å². The topological polar surface area (TPSA) is 41.1 Å². The molecule has 1 fully saturated rings. The lowest BCUT2D eigenvalue weighted by molar-refractivity contribution is 0.296. The van der Waals surface area contributed by atoms with E-state index < -0.39 is 0 Å². The van der Waals surface area contributed by atoms with E-state index in [4.69, 9.17) is 0 Å². The lowest BCUT2D eigenvalue weighted by Gasteiger charge is -2.16. The Kier molecular flexibility index (Phi) is 4.34. The second kappa shape index (κ2) is 5.78. The Morgan fingerprint density at radius 1 is 1.47 bits per heavy atom. The van der Waals surface area contributed by atoms with Crippen molar-refractivity contribution < 1.29 is 0 Å². The zero-order valence-electron chi connectivity index (χ0n) is 10.9. The van der Waals surface area contributed by atoms with E-state index in [9.17, 15) is 0 Å². The highest BCUT2D eigenvalue weighted by Crippen LogP contribution is 2.26. The van der Waals surface area contributed by atoms with Crippen LogP contribution in [-0.4, -0.2) is 34.7 Å². The summed E-state index contributed by atoms with van der Waals surface area (Å²) in [4.78, 5) is 2.50. The first-order chi connectivity index (χ1) is 8.19. The van der Waals surface area contributed by atoms with Crippen LogP contribution in [-0.2, 0) is 6.54 Å². The maximum absolute atomic E-state index is 4.23. The van der Waals surface area contributed by atoms with Crippen molar-refractivity contribution in [3.8, 4) is 0 Å². The van der Waals surface area contributed by atoms with Crippen LogP contribution in [0.1, 0.15) is 32.2 Å². The van der Waals surface area contributed by atoms with Crippen molar-refractivity contribution in [1.29, 1.82) is 0 Å². The van der Waals surface area contributed by atoms with Gasteiger partial charge >= 0.3 is 0 Å². The first-order valence-electron chi connectivity index (χ1n) is 6.47. The van der Waals surface area contributed by atoms with Crippen LogP contribution < -0.4 is 5.32 Å². The van der Waals surface area contributed by atoms with Crippen LogP contribution in [0.3, 0.4) is 0 Å². The van der Waals surface area contributed by atoms with Gasteiger partial charge in [0.2, 0.25) is 5.13 Å². The summed E-state index contributed by atoms with van der Waals surface area (Å²) >= 11 is 1.68. The van der Waals surface area contributed by atoms with Crippen LogP contribution in [0.15, 0.2) is 0 Å². The summed E-state index contributed by atoms with van der Waals surface area (Å²) in [5.74, 6) is 1.66. The van der Waals surface area contributed by atoms with Crippen LogP contribution in [0.25, 0.3) is 0 Å². The molecule has 1 aliphatic heterocycles. The summed E-state index contributed by atoms with van der Waals surface area (Å²) in [6, 6.07) is 0. The monoisotopic (exact) mass is 254 g/mol. The number of anilines is 1. The van der Waals surface area contributed by atoms with Crippen molar-refractivity contribution in [3.63, 3.8) is 0 Å². The van der Waals surface area contributed by atoms with Crippen LogP contribution in [0.5, 0.6) is 0 Å². The summed E-state index contributed by atoms with van der Waals surface area (Å²) in [6.07, 6.45) is 1.33. The summed E-state index contributed by atoms with van der Waals surface area (Å²) < 4.78 is 0. The molecule has 2 heterocycles. The Hall–Kier alpha value is -0.680. The Labute approximate surface area is 107 Å². The summed E-state index contributed by atoms with van der Waals surface area (Å²) in [5, 5.41) is 13.6. The van der Waals surface area contributed by atoms with Crippen molar-refractivity contribution in [2.75, 3.05) is 25.0 Å². The second-order valence-electron chi connectivity index (χ2n) is 5.06. The van der Waals surface area contributed by atoms with Gasteiger partial charge in [0.25, 0.3) is 0 Å². The van der Waals surface area contributed by atoms with E-state index >= 15 is 0 Å². The third-order valence-electron chi connectivity index (χ3n) is 3.41. The van der Waals surface area contributed by atoms with Crippen molar-refractivity contribution in [2.45, 2.75) is 33.7 Å². The Balaban J connectivity index is 1.84. The molecule has 0 bridgehead atoms. The van der Waals surface area contributed by atoms with E-state index in [0.29, 0.717) is 0 Å². The highest BCUT2D eigenvalue weighted by molar-refractivity contribution is 7.15. The fourth-order valence-electron chi connectivity index (χ4n) is 2.28. The number of nitrogens with one attached hydrogen (secondary N) is 1. The molecular formula is C12H22N4S. The minimum atomic E-state index is 0.798. The molecule has 2 rings (SSSR count). The minimum Gasteiger partial charge on any atom is -0.360 e. The van der Waals surface area contributed by atoms with Gasteiger partial charge in [0, 0.05) is 13.1 Å². The van der Waals surface area contributed by atoms with Crippen molar-refractivity contribution in [3.05, 3.63) is 5.01 Å². The van der Waals surface area contributed by atoms with Gasteiger partial charge in [-0.15, -0.1) is 10.2 Å². The molecule has 0 radical (unpaired) electrons. The fourth-order valence-corrected chi connectivity index (χ4v) is 3.13. The SMILES string of the molecule is CCNc1nnc(CN2CCC(C(C)C)C2)s1. The molecule has 1 aliphatic rings. The molecule has 1 saturated heterocycles. The molecule has 1 unspecified atom stereocenters. The van der Waals surface area contributed by atoms with E-state index in [0.717, 1.165) is 35.1 Å². The number of hydrogen-bond donors (Lipinski definition) is 1.